The minimum absolute atomic E-state index is 0.345. The van der Waals surface area contributed by atoms with Gasteiger partial charge < -0.3 is 9.47 Å². The first-order chi connectivity index (χ1) is 12.0. The Morgan fingerprint density at radius 2 is 1.85 bits per heavy atom. The summed E-state index contributed by atoms with van der Waals surface area (Å²) in [4.78, 5) is 8.48. The van der Waals surface area contributed by atoms with Gasteiger partial charge in [-0.1, -0.05) is 19.4 Å². The van der Waals surface area contributed by atoms with Gasteiger partial charge in [-0.25, -0.2) is 4.99 Å². The summed E-state index contributed by atoms with van der Waals surface area (Å²) >= 11 is 0. The van der Waals surface area contributed by atoms with Crippen molar-refractivity contribution in [3.8, 4) is 0 Å². The predicted molar refractivity (Wildman–Crippen MR) is 96.2 cm³/mol. The molecule has 1 heterocycles. The summed E-state index contributed by atoms with van der Waals surface area (Å²) < 4.78 is 50.6. The van der Waals surface area contributed by atoms with Crippen molar-refractivity contribution in [3.63, 3.8) is 0 Å². The zero-order valence-corrected chi connectivity index (χ0v) is 16.2. The third-order valence-electron chi connectivity index (χ3n) is 3.40. The molecular weight excluding hydrogens is 345 g/mol. The number of aryl methyl sites for hydroxylation is 1. The Morgan fingerprint density at radius 3 is 2.35 bits per heavy atom. The van der Waals surface area contributed by atoms with Crippen LogP contribution in [0.3, 0.4) is 0 Å². The number of methoxy groups -OCH3 is 1. The molecule has 7 heteroatoms. The van der Waals surface area contributed by atoms with E-state index in [1.54, 1.807) is 33.8 Å². The summed E-state index contributed by atoms with van der Waals surface area (Å²) in [5.74, 6) is -0.512. The summed E-state index contributed by atoms with van der Waals surface area (Å²) in [7, 11) is 1.16. The van der Waals surface area contributed by atoms with Crippen LogP contribution in [0.25, 0.3) is 0 Å². The van der Waals surface area contributed by atoms with Gasteiger partial charge in [-0.2, -0.15) is 13.2 Å². The molecule has 0 atom stereocenters. The van der Waals surface area contributed by atoms with Crippen LogP contribution in [-0.2, 0) is 15.9 Å². The Bertz CT molecular complexity index is 659. The average molecular weight is 372 g/mol. The smallest absolute Gasteiger partial charge is 0.420 e. The minimum Gasteiger partial charge on any atom is -0.481 e. The number of nitrogens with zero attached hydrogens (tertiary/aromatic N) is 2. The Labute approximate surface area is 153 Å². The van der Waals surface area contributed by atoms with Crippen LogP contribution in [0.2, 0.25) is 0 Å². The molecule has 0 radical (unpaired) electrons. The van der Waals surface area contributed by atoms with Gasteiger partial charge in [-0.3, -0.25) is 4.98 Å². The molecule has 1 aromatic heterocycles. The van der Waals surface area contributed by atoms with E-state index in [9.17, 15) is 13.2 Å². The highest BCUT2D eigenvalue weighted by Gasteiger charge is 2.38. The largest absolute Gasteiger partial charge is 0.481 e. The van der Waals surface area contributed by atoms with Crippen LogP contribution in [0.15, 0.2) is 34.6 Å². The van der Waals surface area contributed by atoms with Crippen molar-refractivity contribution in [3.05, 3.63) is 41.0 Å². The quantitative estimate of drug-likeness (QED) is 0.495. The number of aromatic nitrogens is 1. The normalized spacial score (nSPS) is 14.3. The van der Waals surface area contributed by atoms with Crippen LogP contribution in [0.4, 0.5) is 13.2 Å². The first-order valence-corrected chi connectivity index (χ1v) is 8.47. The number of pyridine rings is 1. The standard InChI is InChI=1S/C19H27F3N2O2/c1-7-9-14-10-8-11-16(24-14)13(2)23-17(25-6)15(19(20,21)22)12-26-18(3,4)5/h8,10-11H,7,9,12H2,1-6H3/b17-15-,23-13?. The molecule has 0 N–H and O–H groups in total. The summed E-state index contributed by atoms with van der Waals surface area (Å²) in [6.07, 6.45) is -2.89. The average Bonchev–Trinajstić information content (AvgIpc) is 2.52. The molecule has 1 rings (SSSR count). The van der Waals surface area contributed by atoms with Gasteiger partial charge in [0.25, 0.3) is 0 Å². The van der Waals surface area contributed by atoms with Crippen LogP contribution in [0.1, 0.15) is 52.4 Å². The number of alkyl halides is 3. The van der Waals surface area contributed by atoms with Crippen LogP contribution >= 0.6 is 0 Å². The molecule has 0 saturated carbocycles. The molecule has 0 spiro atoms. The Balaban J connectivity index is 3.27. The molecule has 0 aliphatic carbocycles. The lowest BCUT2D eigenvalue weighted by molar-refractivity contribution is -0.112. The molecule has 0 aromatic carbocycles. The van der Waals surface area contributed by atoms with Crippen molar-refractivity contribution in [2.45, 2.75) is 59.2 Å². The second kappa shape index (κ2) is 9.16. The van der Waals surface area contributed by atoms with E-state index in [4.69, 9.17) is 9.47 Å². The zero-order valence-electron chi connectivity index (χ0n) is 16.2. The van der Waals surface area contributed by atoms with E-state index in [1.807, 2.05) is 19.1 Å². The summed E-state index contributed by atoms with van der Waals surface area (Å²) in [6.45, 7) is 8.05. The van der Waals surface area contributed by atoms with Crippen LogP contribution < -0.4 is 0 Å². The maximum absolute atomic E-state index is 13.4. The first kappa shape index (κ1) is 22.2. The van der Waals surface area contributed by atoms with Crippen molar-refractivity contribution < 1.29 is 22.6 Å². The van der Waals surface area contributed by atoms with Crippen molar-refractivity contribution >= 4 is 5.71 Å². The van der Waals surface area contributed by atoms with E-state index in [0.717, 1.165) is 25.6 Å². The second-order valence-electron chi connectivity index (χ2n) is 6.85. The number of hydrogen-bond acceptors (Lipinski definition) is 4. The Morgan fingerprint density at radius 1 is 1.19 bits per heavy atom. The van der Waals surface area contributed by atoms with Gasteiger partial charge in [-0.15, -0.1) is 0 Å². The minimum atomic E-state index is -4.61. The van der Waals surface area contributed by atoms with E-state index in [0.29, 0.717) is 11.4 Å². The summed E-state index contributed by atoms with van der Waals surface area (Å²) in [5, 5.41) is 0. The van der Waals surface area contributed by atoms with E-state index in [-0.39, 0.29) is 0 Å². The molecule has 0 fully saturated rings. The fourth-order valence-corrected chi connectivity index (χ4v) is 2.08. The van der Waals surface area contributed by atoms with Gasteiger partial charge in [0.1, 0.15) is 5.57 Å². The van der Waals surface area contributed by atoms with E-state index >= 15 is 0 Å². The lowest BCUT2D eigenvalue weighted by atomic mass is 10.2. The maximum Gasteiger partial charge on any atom is 0.420 e. The lowest BCUT2D eigenvalue weighted by Crippen LogP contribution is -2.26. The van der Waals surface area contributed by atoms with Crippen LogP contribution in [-0.4, -0.2) is 36.2 Å². The molecule has 0 saturated heterocycles. The Kier molecular flexibility index (Phi) is 7.81. The molecule has 0 bridgehead atoms. The van der Waals surface area contributed by atoms with Crippen LogP contribution in [0.5, 0.6) is 0 Å². The molecule has 0 amide bonds. The lowest BCUT2D eigenvalue weighted by Gasteiger charge is -2.22. The molecule has 0 aliphatic rings. The molecule has 26 heavy (non-hydrogen) atoms. The molecule has 4 nitrogen and oxygen atoms in total. The highest BCUT2D eigenvalue weighted by Crippen LogP contribution is 2.30. The molecule has 1 aromatic rings. The van der Waals surface area contributed by atoms with Crippen molar-refractivity contribution in [1.82, 2.24) is 4.98 Å². The number of ether oxygens (including phenoxy) is 2. The fourth-order valence-electron chi connectivity index (χ4n) is 2.08. The highest BCUT2D eigenvalue weighted by molar-refractivity contribution is 5.97. The van der Waals surface area contributed by atoms with E-state index < -0.39 is 29.8 Å². The molecular formula is C19H27F3N2O2. The second-order valence-corrected chi connectivity index (χ2v) is 6.85. The molecule has 146 valence electrons. The number of halogens is 3. The van der Waals surface area contributed by atoms with Crippen molar-refractivity contribution in [2.75, 3.05) is 13.7 Å². The van der Waals surface area contributed by atoms with Crippen molar-refractivity contribution in [1.29, 1.82) is 0 Å². The third-order valence-corrected chi connectivity index (χ3v) is 3.40. The molecule has 0 unspecified atom stereocenters. The predicted octanol–water partition coefficient (Wildman–Crippen LogP) is 5.08. The summed E-state index contributed by atoms with van der Waals surface area (Å²) in [6, 6.07) is 5.41. The van der Waals surface area contributed by atoms with Gasteiger partial charge in [0.15, 0.2) is 0 Å². The number of aliphatic imine (C=N–C) groups is 1. The SMILES string of the molecule is CCCc1cccc(C(C)=N/C(OC)=C(\COC(C)(C)C)C(F)(F)F)n1. The Hall–Kier alpha value is -1.89. The maximum atomic E-state index is 13.4. The molecule has 0 aliphatic heterocycles. The van der Waals surface area contributed by atoms with Gasteiger partial charge in [0, 0.05) is 5.69 Å². The highest BCUT2D eigenvalue weighted by atomic mass is 19.4. The fraction of sp³-hybridized carbons (Fsp3) is 0.579. The van der Waals surface area contributed by atoms with Gasteiger partial charge in [0.05, 0.1) is 30.7 Å². The summed E-state index contributed by atoms with van der Waals surface area (Å²) in [5.41, 5.74) is 0.0547. The van der Waals surface area contributed by atoms with Gasteiger partial charge >= 0.3 is 6.18 Å². The van der Waals surface area contributed by atoms with E-state index in [1.165, 1.54) is 0 Å². The monoisotopic (exact) mass is 372 g/mol. The zero-order chi connectivity index (χ0) is 20.0. The van der Waals surface area contributed by atoms with Gasteiger partial charge in [0.2, 0.25) is 5.88 Å². The van der Waals surface area contributed by atoms with Gasteiger partial charge in [-0.05, 0) is 46.2 Å². The third kappa shape index (κ3) is 7.15. The van der Waals surface area contributed by atoms with Crippen molar-refractivity contribution in [2.24, 2.45) is 4.99 Å². The topological polar surface area (TPSA) is 43.7 Å². The van der Waals surface area contributed by atoms with E-state index in [2.05, 4.69) is 9.98 Å². The number of rotatable bonds is 7. The number of hydrogen-bond donors (Lipinski definition) is 0. The first-order valence-electron chi connectivity index (χ1n) is 8.47. The van der Waals surface area contributed by atoms with Crippen LogP contribution in [0, 0.1) is 0 Å².